The molecule has 33 heavy (non-hydrogen) atoms. The molecule has 0 heterocycles. The van der Waals surface area contributed by atoms with Gasteiger partial charge in [0.05, 0.1) is 5.41 Å². The first-order chi connectivity index (χ1) is 15.7. The third kappa shape index (κ3) is 6.28. The van der Waals surface area contributed by atoms with Gasteiger partial charge >= 0.3 is 18.0 Å². The van der Waals surface area contributed by atoms with E-state index >= 15 is 0 Å². The highest BCUT2D eigenvalue weighted by Gasteiger charge is 2.30. The summed E-state index contributed by atoms with van der Waals surface area (Å²) in [6, 6.07) is 14.9. The van der Waals surface area contributed by atoms with Crippen molar-refractivity contribution in [2.45, 2.75) is 32.7 Å². The number of nitrogens with one attached hydrogen (secondary N) is 1. The molecule has 0 saturated heterocycles. The van der Waals surface area contributed by atoms with Gasteiger partial charge in [-0.05, 0) is 43.0 Å². The minimum absolute atomic E-state index is 0.0988. The molecule has 0 aliphatic heterocycles. The zero-order valence-electron chi connectivity index (χ0n) is 19.0. The summed E-state index contributed by atoms with van der Waals surface area (Å²) in [6.45, 7) is 5.59. The number of hydrogen-bond acceptors (Lipinski definition) is 6. The fourth-order valence-corrected chi connectivity index (χ4v) is 4.40. The fourth-order valence-electron chi connectivity index (χ4n) is 3.57. The van der Waals surface area contributed by atoms with Gasteiger partial charge in [-0.1, -0.05) is 48.5 Å². The molecule has 1 atom stereocenters. The van der Waals surface area contributed by atoms with Crippen LogP contribution in [0.15, 0.2) is 48.5 Å². The molecule has 0 saturated carbocycles. The Morgan fingerprint density at radius 2 is 1.58 bits per heavy atom. The summed E-state index contributed by atoms with van der Waals surface area (Å²) >= 11 is 1.28. The van der Waals surface area contributed by atoms with E-state index in [-0.39, 0.29) is 30.9 Å². The van der Waals surface area contributed by atoms with Crippen molar-refractivity contribution >= 4 is 29.8 Å². The molecule has 0 radical (unpaired) electrons. The molecular weight excluding hydrogens is 442 g/mol. The summed E-state index contributed by atoms with van der Waals surface area (Å²) in [6.07, 6.45) is -0.774. The van der Waals surface area contributed by atoms with Crippen LogP contribution in [0.1, 0.15) is 37.8 Å². The van der Waals surface area contributed by atoms with Gasteiger partial charge in [-0.15, -0.1) is 0 Å². The number of amides is 1. The van der Waals surface area contributed by atoms with Gasteiger partial charge in [-0.3, -0.25) is 4.79 Å². The van der Waals surface area contributed by atoms with E-state index in [9.17, 15) is 19.5 Å². The minimum atomic E-state index is -1.15. The Balaban J connectivity index is 1.49. The van der Waals surface area contributed by atoms with E-state index in [2.05, 4.69) is 5.32 Å². The van der Waals surface area contributed by atoms with E-state index in [1.165, 1.54) is 11.8 Å². The molecule has 2 aromatic carbocycles. The highest BCUT2D eigenvalue weighted by Crippen LogP contribution is 2.44. The average molecular weight is 472 g/mol. The van der Waals surface area contributed by atoms with E-state index in [0.29, 0.717) is 5.75 Å². The van der Waals surface area contributed by atoms with Crippen LogP contribution in [0.5, 0.6) is 0 Å². The van der Waals surface area contributed by atoms with Crippen molar-refractivity contribution in [3.63, 3.8) is 0 Å². The van der Waals surface area contributed by atoms with E-state index in [4.69, 9.17) is 9.47 Å². The first kappa shape index (κ1) is 24.6. The third-order valence-electron chi connectivity index (χ3n) is 5.29. The number of alkyl carbamates (subject to hydrolysis) is 1. The Morgan fingerprint density at radius 3 is 2.12 bits per heavy atom. The molecule has 7 nitrogen and oxygen atoms in total. The first-order valence-corrected chi connectivity index (χ1v) is 11.9. The van der Waals surface area contributed by atoms with Crippen LogP contribution in [0.4, 0.5) is 4.79 Å². The second kappa shape index (κ2) is 10.7. The molecule has 2 N–H and O–H groups in total. The van der Waals surface area contributed by atoms with Crippen molar-refractivity contribution in [2.24, 2.45) is 5.41 Å². The van der Waals surface area contributed by atoms with E-state index in [0.717, 1.165) is 22.3 Å². The van der Waals surface area contributed by atoms with Crippen LogP contribution < -0.4 is 5.32 Å². The zero-order valence-corrected chi connectivity index (χ0v) is 19.8. The molecule has 2 aromatic rings. The highest BCUT2D eigenvalue weighted by atomic mass is 32.2. The summed E-state index contributed by atoms with van der Waals surface area (Å²) in [5.74, 6) is -1.000. The van der Waals surface area contributed by atoms with E-state index in [1.807, 2.05) is 48.5 Å². The Hall–Kier alpha value is -3.00. The topological polar surface area (TPSA) is 102 Å². The SMILES string of the molecule is CC(C)(C)C(=O)OCCSCC(NC(=O)OCC1c2ccccc2-c2ccccc21)C(=O)O. The lowest BCUT2D eigenvalue weighted by Crippen LogP contribution is -2.43. The molecule has 8 heteroatoms. The standard InChI is InChI=1S/C25H29NO6S/c1-25(2,3)23(29)31-12-13-33-15-21(22(27)28)26-24(30)32-14-20-18-10-6-4-8-16(18)17-9-5-7-11-19(17)20/h4-11,20-21H,12-15H2,1-3H3,(H,26,30)(H,27,28). The van der Waals surface area contributed by atoms with Gasteiger partial charge in [0.1, 0.15) is 19.3 Å². The zero-order chi connectivity index (χ0) is 24.0. The number of carbonyl (C=O) groups excluding carboxylic acids is 2. The number of benzene rings is 2. The van der Waals surface area contributed by atoms with Gasteiger partial charge in [0, 0.05) is 17.4 Å². The Kier molecular flexibility index (Phi) is 8.02. The third-order valence-corrected chi connectivity index (χ3v) is 6.32. The number of carbonyl (C=O) groups is 3. The summed E-state index contributed by atoms with van der Waals surface area (Å²) in [7, 11) is 0. The molecule has 1 unspecified atom stereocenters. The first-order valence-electron chi connectivity index (χ1n) is 10.8. The molecule has 3 rings (SSSR count). The van der Waals surface area contributed by atoms with Crippen LogP contribution in [0.3, 0.4) is 0 Å². The largest absolute Gasteiger partial charge is 0.480 e. The lowest BCUT2D eigenvalue weighted by molar-refractivity contribution is -0.152. The van der Waals surface area contributed by atoms with Gasteiger partial charge < -0.3 is 19.9 Å². The number of carboxylic acids is 1. The number of esters is 1. The van der Waals surface area contributed by atoms with Crippen LogP contribution in [0.2, 0.25) is 0 Å². The van der Waals surface area contributed by atoms with Crippen molar-refractivity contribution in [1.29, 1.82) is 0 Å². The molecule has 0 fully saturated rings. The molecule has 0 aromatic heterocycles. The molecule has 0 spiro atoms. The van der Waals surface area contributed by atoms with Crippen molar-refractivity contribution in [3.8, 4) is 11.1 Å². The number of carboxylic acid groups (broad SMARTS) is 1. The van der Waals surface area contributed by atoms with Crippen LogP contribution in [-0.4, -0.2) is 53.9 Å². The van der Waals surface area contributed by atoms with Gasteiger partial charge in [-0.2, -0.15) is 11.8 Å². The summed E-state index contributed by atoms with van der Waals surface area (Å²) in [5.41, 5.74) is 3.83. The predicted molar refractivity (Wildman–Crippen MR) is 127 cm³/mol. The van der Waals surface area contributed by atoms with Gasteiger partial charge in [0.25, 0.3) is 0 Å². The maximum Gasteiger partial charge on any atom is 0.407 e. The Morgan fingerprint density at radius 1 is 1.00 bits per heavy atom. The van der Waals surface area contributed by atoms with Gasteiger partial charge in [0.15, 0.2) is 0 Å². The average Bonchev–Trinajstić information content (AvgIpc) is 3.09. The lowest BCUT2D eigenvalue weighted by Gasteiger charge is -2.18. The van der Waals surface area contributed by atoms with Gasteiger partial charge in [-0.25, -0.2) is 9.59 Å². The number of thioether (sulfide) groups is 1. The molecule has 1 aliphatic carbocycles. The lowest BCUT2D eigenvalue weighted by atomic mass is 9.97. The summed E-state index contributed by atoms with van der Waals surface area (Å²) < 4.78 is 10.6. The smallest absolute Gasteiger partial charge is 0.407 e. The summed E-state index contributed by atoms with van der Waals surface area (Å²) in [5, 5.41) is 11.9. The van der Waals surface area contributed by atoms with E-state index < -0.39 is 23.5 Å². The Labute approximate surface area is 197 Å². The quantitative estimate of drug-likeness (QED) is 0.415. The fraction of sp³-hybridized carbons (Fsp3) is 0.400. The van der Waals surface area contributed by atoms with Crippen LogP contribution in [0, 0.1) is 5.41 Å². The predicted octanol–water partition coefficient (Wildman–Crippen LogP) is 4.30. The van der Waals surface area contributed by atoms with Crippen LogP contribution in [-0.2, 0) is 19.1 Å². The molecule has 1 aliphatic rings. The second-order valence-corrected chi connectivity index (χ2v) is 9.97. The minimum Gasteiger partial charge on any atom is -0.480 e. The van der Waals surface area contributed by atoms with Crippen LogP contribution >= 0.6 is 11.8 Å². The number of hydrogen-bond donors (Lipinski definition) is 2. The number of rotatable bonds is 9. The van der Waals surface area contributed by atoms with Crippen molar-refractivity contribution in [3.05, 3.63) is 59.7 Å². The van der Waals surface area contributed by atoms with Crippen molar-refractivity contribution < 1.29 is 29.0 Å². The normalized spacial score (nSPS) is 13.5. The van der Waals surface area contributed by atoms with Crippen LogP contribution in [0.25, 0.3) is 11.1 Å². The van der Waals surface area contributed by atoms with Gasteiger partial charge in [0.2, 0.25) is 0 Å². The van der Waals surface area contributed by atoms with Crippen molar-refractivity contribution in [1.82, 2.24) is 5.32 Å². The second-order valence-electron chi connectivity index (χ2n) is 8.82. The van der Waals surface area contributed by atoms with Crippen molar-refractivity contribution in [2.75, 3.05) is 24.7 Å². The maximum atomic E-state index is 12.4. The monoisotopic (exact) mass is 471 g/mol. The number of aliphatic carboxylic acids is 1. The highest BCUT2D eigenvalue weighted by molar-refractivity contribution is 7.99. The van der Waals surface area contributed by atoms with E-state index in [1.54, 1.807) is 20.8 Å². The number of fused-ring (bicyclic) bond motifs is 3. The Bertz CT molecular complexity index is 970. The molecular formula is C25H29NO6S. The molecule has 176 valence electrons. The molecule has 0 bridgehead atoms. The maximum absolute atomic E-state index is 12.4. The molecule has 1 amide bonds. The summed E-state index contributed by atoms with van der Waals surface area (Å²) in [4.78, 5) is 35.7. The number of ether oxygens (including phenoxy) is 2.